The van der Waals surface area contributed by atoms with Crippen molar-refractivity contribution in [3.05, 3.63) is 45.8 Å². The van der Waals surface area contributed by atoms with Crippen LogP contribution in [-0.4, -0.2) is 148 Å². The average Bonchev–Trinajstić information content (AvgIpc) is 3.64. The summed E-state index contributed by atoms with van der Waals surface area (Å²) < 4.78 is 51.5. The van der Waals surface area contributed by atoms with Crippen LogP contribution in [0.15, 0.2) is 23.3 Å². The van der Waals surface area contributed by atoms with Gasteiger partial charge in [-0.2, -0.15) is 0 Å². The zero-order valence-electron chi connectivity index (χ0n) is 33.3. The molecule has 0 bridgehead atoms. The van der Waals surface area contributed by atoms with Gasteiger partial charge in [0, 0.05) is 52.4 Å². The fourth-order valence-corrected chi connectivity index (χ4v) is 5.94. The fourth-order valence-electron chi connectivity index (χ4n) is 5.94. The number of aromatic nitrogens is 4. The fraction of sp³-hybridized carbons (Fsp3) is 0.658. The molecule has 2 aliphatic rings. The van der Waals surface area contributed by atoms with E-state index < -0.39 is 17.2 Å². The van der Waals surface area contributed by atoms with E-state index in [4.69, 9.17) is 28.4 Å². The number of pyridine rings is 1. The molecule has 0 aliphatic carbocycles. The lowest BCUT2D eigenvalue weighted by atomic mass is 10.1. The molecule has 312 valence electrons. The molecular weight excluding hydrogens is 733 g/mol. The second-order valence-corrected chi connectivity index (χ2v) is 14.0. The molecule has 1 aromatic carbocycles. The molecular formula is C38H58FN7O10. The van der Waals surface area contributed by atoms with Gasteiger partial charge in [0.05, 0.1) is 89.2 Å². The zero-order valence-corrected chi connectivity index (χ0v) is 33.3. The highest BCUT2D eigenvalue weighted by atomic mass is 19.1. The van der Waals surface area contributed by atoms with Gasteiger partial charge in [-0.25, -0.2) is 9.18 Å². The second kappa shape index (κ2) is 23.1. The number of carboxylic acids is 1. The van der Waals surface area contributed by atoms with Crippen LogP contribution in [0.4, 0.5) is 10.1 Å². The van der Waals surface area contributed by atoms with Crippen molar-refractivity contribution < 1.29 is 47.5 Å². The van der Waals surface area contributed by atoms with Crippen LogP contribution in [-0.2, 0) is 41.6 Å². The summed E-state index contributed by atoms with van der Waals surface area (Å²) in [6.45, 7) is 15.2. The number of likely N-dealkylation sites (N-methyl/N-ethyl adjacent to an activating group) is 1. The first kappa shape index (κ1) is 44.5. The van der Waals surface area contributed by atoms with Gasteiger partial charge in [-0.3, -0.25) is 14.3 Å². The minimum atomic E-state index is -1.32. The molecule has 3 aromatic rings. The van der Waals surface area contributed by atoms with E-state index in [9.17, 15) is 23.9 Å². The van der Waals surface area contributed by atoms with Gasteiger partial charge in [-0.15, -0.1) is 5.10 Å². The molecule has 1 saturated heterocycles. The minimum Gasteiger partial charge on any atom is -0.487 e. The van der Waals surface area contributed by atoms with Crippen molar-refractivity contribution in [2.45, 2.75) is 52.8 Å². The number of piperazine rings is 1. The van der Waals surface area contributed by atoms with Crippen molar-refractivity contribution in [2.24, 2.45) is 5.92 Å². The van der Waals surface area contributed by atoms with Crippen molar-refractivity contribution in [3.8, 4) is 5.75 Å². The number of nitrogens with one attached hydrogen (secondary N) is 1. The molecule has 1 unspecified atom stereocenters. The largest absolute Gasteiger partial charge is 0.487 e. The number of ether oxygens (including phenoxy) is 6. The molecule has 17 nitrogen and oxygen atoms in total. The van der Waals surface area contributed by atoms with Crippen LogP contribution in [0, 0.1) is 11.7 Å². The summed E-state index contributed by atoms with van der Waals surface area (Å²) >= 11 is 0. The number of amides is 1. The number of carbonyl (C=O) groups excluding carboxylic acids is 1. The van der Waals surface area contributed by atoms with Crippen LogP contribution < -0.4 is 20.4 Å². The highest BCUT2D eigenvalue weighted by Crippen LogP contribution is 2.42. The first-order valence-electron chi connectivity index (χ1n) is 19.2. The topological polar surface area (TPSA) is 181 Å². The third-order valence-electron chi connectivity index (χ3n) is 9.20. The number of anilines is 1. The van der Waals surface area contributed by atoms with Gasteiger partial charge in [-0.05, 0) is 32.4 Å². The SMILES string of the molecule is CC1COc2c(N3CCN(C)CC3)c(F)cc3c(=O)c(C(=O)O)cn1c23.CNC(=O)CCOCCOCCOCCOCCOCc1cn(CCC(C)C)nn1. The summed E-state index contributed by atoms with van der Waals surface area (Å²) in [6, 6.07) is 0.994. The van der Waals surface area contributed by atoms with Crippen LogP contribution in [0.1, 0.15) is 55.7 Å². The van der Waals surface area contributed by atoms with Gasteiger partial charge >= 0.3 is 5.97 Å². The molecule has 1 atom stereocenters. The third-order valence-corrected chi connectivity index (χ3v) is 9.20. The quantitative estimate of drug-likeness (QED) is 0.142. The Bertz CT molecular complexity index is 1750. The van der Waals surface area contributed by atoms with Gasteiger partial charge in [0.2, 0.25) is 11.3 Å². The predicted molar refractivity (Wildman–Crippen MR) is 206 cm³/mol. The molecule has 2 aliphatic heterocycles. The molecule has 2 N–H and O–H groups in total. The maximum absolute atomic E-state index is 15.0. The van der Waals surface area contributed by atoms with Crippen LogP contribution in [0.2, 0.25) is 0 Å². The summed E-state index contributed by atoms with van der Waals surface area (Å²) in [5.74, 6) is -0.923. The molecule has 0 spiro atoms. The Labute approximate surface area is 326 Å². The Hall–Kier alpha value is -4.20. The van der Waals surface area contributed by atoms with E-state index in [1.165, 1.54) is 6.20 Å². The van der Waals surface area contributed by atoms with Crippen LogP contribution in [0.3, 0.4) is 0 Å². The standard InChI is InChI=1S/C20H38N4O6.C18H20FN3O4/c1-18(2)4-6-24-16-19(22-23-24)17-30-15-14-29-13-12-28-11-10-27-9-8-26-7-5-20(25)21-3;1-10-9-26-17-14-11(16(23)12(18(24)25)8-22(10)14)7-13(19)15(17)21-5-3-20(2)4-6-21/h16,18H,4-15,17H2,1-3H3,(H,21,25);7-8,10H,3-6,9H2,1-2H3,(H,24,25). The number of aromatic carboxylic acids is 1. The normalized spacial score (nSPS) is 15.5. The number of aryl methyl sites for hydroxylation is 1. The Morgan fingerprint density at radius 1 is 0.964 bits per heavy atom. The van der Waals surface area contributed by atoms with Crippen LogP contribution in [0.25, 0.3) is 10.9 Å². The summed E-state index contributed by atoms with van der Waals surface area (Å²) in [6.07, 6.45) is 4.72. The lowest BCUT2D eigenvalue weighted by Crippen LogP contribution is -2.45. The Morgan fingerprint density at radius 2 is 1.57 bits per heavy atom. The highest BCUT2D eigenvalue weighted by Gasteiger charge is 2.31. The predicted octanol–water partition coefficient (Wildman–Crippen LogP) is 2.59. The average molecular weight is 792 g/mol. The lowest BCUT2D eigenvalue weighted by molar-refractivity contribution is -0.121. The van der Waals surface area contributed by atoms with E-state index in [0.717, 1.165) is 37.8 Å². The van der Waals surface area contributed by atoms with E-state index in [1.807, 2.05) is 29.7 Å². The first-order valence-corrected chi connectivity index (χ1v) is 19.2. The van der Waals surface area contributed by atoms with Gasteiger partial charge in [0.25, 0.3) is 0 Å². The van der Waals surface area contributed by atoms with E-state index in [-0.39, 0.29) is 29.5 Å². The van der Waals surface area contributed by atoms with Gasteiger partial charge in [0.15, 0.2) is 11.6 Å². The van der Waals surface area contributed by atoms with Gasteiger partial charge in [0.1, 0.15) is 23.6 Å². The number of benzene rings is 1. The summed E-state index contributed by atoms with van der Waals surface area (Å²) in [7, 11) is 3.62. The molecule has 56 heavy (non-hydrogen) atoms. The molecule has 5 rings (SSSR count). The molecule has 2 aromatic heterocycles. The molecule has 0 saturated carbocycles. The Balaban J connectivity index is 0.000000250. The number of nitrogens with zero attached hydrogens (tertiary/aromatic N) is 6. The number of carboxylic acid groups (broad SMARTS) is 1. The smallest absolute Gasteiger partial charge is 0.341 e. The summed E-state index contributed by atoms with van der Waals surface area (Å²) in [5, 5.41) is 20.1. The van der Waals surface area contributed by atoms with Crippen molar-refractivity contribution in [1.82, 2.24) is 29.8 Å². The van der Waals surface area contributed by atoms with Gasteiger partial charge in [-0.1, -0.05) is 19.1 Å². The van der Waals surface area contributed by atoms with E-state index in [2.05, 4.69) is 34.4 Å². The second-order valence-electron chi connectivity index (χ2n) is 14.0. The third kappa shape index (κ3) is 13.5. The Kier molecular flexibility index (Phi) is 18.4. The van der Waals surface area contributed by atoms with Crippen LogP contribution >= 0.6 is 0 Å². The monoisotopic (exact) mass is 791 g/mol. The minimum absolute atomic E-state index is 0.0281. The van der Waals surface area contributed by atoms with Crippen molar-refractivity contribution in [2.75, 3.05) is 111 Å². The van der Waals surface area contributed by atoms with Gasteiger partial charge < -0.3 is 53.2 Å². The molecule has 18 heteroatoms. The number of rotatable bonds is 22. The van der Waals surface area contributed by atoms with E-state index in [0.29, 0.717) is 108 Å². The maximum atomic E-state index is 15.0. The number of carbonyl (C=O) groups is 2. The Morgan fingerprint density at radius 3 is 2.16 bits per heavy atom. The van der Waals surface area contributed by atoms with E-state index >= 15 is 0 Å². The van der Waals surface area contributed by atoms with Crippen molar-refractivity contribution in [1.29, 1.82) is 0 Å². The van der Waals surface area contributed by atoms with E-state index in [1.54, 1.807) is 11.6 Å². The van der Waals surface area contributed by atoms with Crippen LogP contribution in [0.5, 0.6) is 5.75 Å². The molecule has 4 heterocycles. The maximum Gasteiger partial charge on any atom is 0.341 e. The number of hydrogen-bond donors (Lipinski definition) is 2. The molecule has 0 radical (unpaired) electrons. The lowest BCUT2D eigenvalue weighted by Gasteiger charge is -2.37. The zero-order chi connectivity index (χ0) is 40.5. The van der Waals surface area contributed by atoms with Crippen molar-refractivity contribution >= 4 is 28.5 Å². The number of halogens is 1. The highest BCUT2D eigenvalue weighted by molar-refractivity contribution is 5.97. The summed E-state index contributed by atoms with van der Waals surface area (Å²) in [5.41, 5.74) is 0.609. The first-order chi connectivity index (χ1) is 27.0. The summed E-state index contributed by atoms with van der Waals surface area (Å²) in [4.78, 5) is 39.1. The molecule has 1 amide bonds. The van der Waals surface area contributed by atoms with Crippen molar-refractivity contribution in [3.63, 3.8) is 0 Å². The molecule has 1 fully saturated rings. The number of hydrogen-bond acceptors (Lipinski definition) is 13.